The van der Waals surface area contributed by atoms with Crippen molar-refractivity contribution in [2.24, 2.45) is 5.92 Å². The number of nitrogens with zero attached hydrogens (tertiary/aromatic N) is 3. The summed E-state index contributed by atoms with van der Waals surface area (Å²) in [6, 6.07) is 17.0. The van der Waals surface area contributed by atoms with Crippen LogP contribution < -0.4 is 10.1 Å². The van der Waals surface area contributed by atoms with Gasteiger partial charge in [0.2, 0.25) is 5.91 Å². The molecule has 2 aromatic carbocycles. The lowest BCUT2D eigenvalue weighted by molar-refractivity contribution is -0.120. The van der Waals surface area contributed by atoms with Gasteiger partial charge in [0.05, 0.1) is 13.0 Å². The van der Waals surface area contributed by atoms with E-state index in [1.54, 1.807) is 6.07 Å². The third-order valence-corrected chi connectivity index (χ3v) is 6.46. The van der Waals surface area contributed by atoms with E-state index in [2.05, 4.69) is 51.4 Å². The maximum absolute atomic E-state index is 13.9. The van der Waals surface area contributed by atoms with Gasteiger partial charge < -0.3 is 15.0 Å². The molecule has 0 radical (unpaired) electrons. The fourth-order valence-electron chi connectivity index (χ4n) is 4.26. The van der Waals surface area contributed by atoms with Gasteiger partial charge in [-0.25, -0.2) is 4.39 Å². The van der Waals surface area contributed by atoms with Crippen LogP contribution in [0.25, 0.3) is 11.1 Å². The van der Waals surface area contributed by atoms with Gasteiger partial charge in [0, 0.05) is 62.8 Å². The molecule has 3 aromatic rings. The summed E-state index contributed by atoms with van der Waals surface area (Å²) in [6.07, 6.45) is 1.97. The lowest BCUT2D eigenvalue weighted by Gasteiger charge is -2.32. The average molecular weight is 535 g/mol. The molecule has 7 heteroatoms. The molecule has 1 amide bonds. The first-order chi connectivity index (χ1) is 18.8. The van der Waals surface area contributed by atoms with E-state index in [4.69, 9.17) is 4.74 Å². The second-order valence-electron chi connectivity index (χ2n) is 10.3. The monoisotopic (exact) mass is 534 g/mol. The van der Waals surface area contributed by atoms with Crippen LogP contribution in [0.3, 0.4) is 0 Å². The van der Waals surface area contributed by atoms with Crippen LogP contribution in [0.5, 0.6) is 5.75 Å². The minimum absolute atomic E-state index is 0.163. The normalized spacial score (nSPS) is 14.0. The highest BCUT2D eigenvalue weighted by atomic mass is 19.1. The third-order valence-electron chi connectivity index (χ3n) is 6.46. The van der Waals surface area contributed by atoms with E-state index >= 15 is 0 Å². The van der Waals surface area contributed by atoms with Crippen LogP contribution in [-0.2, 0) is 24.3 Å². The van der Waals surface area contributed by atoms with Crippen LogP contribution in [0, 0.1) is 11.7 Å². The molecule has 0 bridgehead atoms. The number of ether oxygens (including phenoxy) is 1. The summed E-state index contributed by atoms with van der Waals surface area (Å²) >= 11 is 0. The van der Waals surface area contributed by atoms with Gasteiger partial charge >= 0.3 is 0 Å². The molecular weight excluding hydrogens is 491 g/mol. The Labute approximate surface area is 233 Å². The van der Waals surface area contributed by atoms with Crippen molar-refractivity contribution in [3.05, 3.63) is 83.4 Å². The molecule has 1 aromatic heterocycles. The Bertz CT molecular complexity index is 1160. The number of rotatable bonds is 10. The molecule has 4 rings (SSSR count). The SMILES string of the molecule is CC.CC(C)COc1cc(F)cc(CNC(=O)Cc2ccc(-c3ccc(CN4CCN(C)CC4)cc3)cn2)c1. The van der Waals surface area contributed by atoms with Crippen molar-refractivity contribution in [3.63, 3.8) is 0 Å². The second kappa shape index (κ2) is 15.3. The quantitative estimate of drug-likeness (QED) is 0.369. The number of likely N-dealkylation sites (N-methyl/N-ethyl adjacent to an activating group) is 1. The van der Waals surface area contributed by atoms with Gasteiger partial charge in [0.15, 0.2) is 0 Å². The number of aromatic nitrogens is 1. The van der Waals surface area contributed by atoms with Crippen LogP contribution in [0.4, 0.5) is 4.39 Å². The van der Waals surface area contributed by atoms with Crippen molar-refractivity contribution in [2.75, 3.05) is 39.8 Å². The Kier molecular flexibility index (Phi) is 11.9. The van der Waals surface area contributed by atoms with Crippen LogP contribution >= 0.6 is 0 Å². The number of pyridine rings is 1. The van der Waals surface area contributed by atoms with Crippen molar-refractivity contribution in [1.29, 1.82) is 0 Å². The second-order valence-corrected chi connectivity index (χ2v) is 10.3. The number of nitrogens with one attached hydrogen (secondary N) is 1. The standard InChI is InChI=1S/C30H37FN4O2.C2H6/c1-22(2)21-37-29-15-24(14-27(31)16-29)18-33-30(36)17-28-9-8-26(19-32-28)25-6-4-23(5-7-25)20-35-12-10-34(3)11-13-35;1-2/h4-9,14-16,19,22H,10-13,17-18,20-21H2,1-3H3,(H,33,36);1-2H3. The molecule has 1 fully saturated rings. The first kappa shape index (κ1) is 30.3. The van der Waals surface area contributed by atoms with Gasteiger partial charge in [0.1, 0.15) is 11.6 Å². The number of halogens is 1. The highest BCUT2D eigenvalue weighted by Crippen LogP contribution is 2.21. The van der Waals surface area contributed by atoms with Crippen LogP contribution in [-0.4, -0.2) is 60.5 Å². The molecule has 1 saturated heterocycles. The van der Waals surface area contributed by atoms with Gasteiger partial charge in [-0.05, 0) is 47.9 Å². The first-order valence-electron chi connectivity index (χ1n) is 14.0. The Hall–Kier alpha value is -3.29. The fourth-order valence-corrected chi connectivity index (χ4v) is 4.26. The van der Waals surface area contributed by atoms with Crippen molar-refractivity contribution in [2.45, 2.75) is 47.2 Å². The van der Waals surface area contributed by atoms with Gasteiger partial charge in [0.25, 0.3) is 0 Å². The number of carbonyl (C=O) groups is 1. The number of piperazine rings is 1. The third kappa shape index (κ3) is 10.1. The molecule has 0 unspecified atom stereocenters. The zero-order valence-corrected chi connectivity index (χ0v) is 24.0. The predicted octanol–water partition coefficient (Wildman–Crippen LogP) is 5.56. The predicted molar refractivity (Wildman–Crippen MR) is 156 cm³/mol. The van der Waals surface area contributed by atoms with Gasteiger partial charge in [-0.3, -0.25) is 14.7 Å². The number of benzene rings is 2. The zero-order chi connectivity index (χ0) is 28.2. The van der Waals surface area contributed by atoms with Crippen LogP contribution in [0.15, 0.2) is 60.8 Å². The molecular formula is C32H43FN4O2. The highest BCUT2D eigenvalue weighted by molar-refractivity contribution is 5.78. The number of carbonyl (C=O) groups excluding carboxylic acids is 1. The largest absolute Gasteiger partial charge is 0.493 e. The lowest BCUT2D eigenvalue weighted by atomic mass is 10.0. The van der Waals surface area contributed by atoms with Crippen molar-refractivity contribution < 1.29 is 13.9 Å². The van der Waals surface area contributed by atoms with E-state index in [9.17, 15) is 9.18 Å². The molecule has 0 spiro atoms. The molecule has 1 aliphatic rings. The maximum Gasteiger partial charge on any atom is 0.226 e. The van der Waals surface area contributed by atoms with Gasteiger partial charge in [-0.1, -0.05) is 58.0 Å². The molecule has 1 aliphatic heterocycles. The number of hydrogen-bond donors (Lipinski definition) is 1. The summed E-state index contributed by atoms with van der Waals surface area (Å²) in [6.45, 7) is 14.2. The van der Waals surface area contributed by atoms with Crippen LogP contribution in [0.1, 0.15) is 44.5 Å². The van der Waals surface area contributed by atoms with E-state index in [1.165, 1.54) is 17.7 Å². The Balaban J connectivity index is 0.00000205. The summed E-state index contributed by atoms with van der Waals surface area (Å²) in [5.74, 6) is 0.275. The van der Waals surface area contributed by atoms with E-state index in [1.807, 2.05) is 46.0 Å². The zero-order valence-electron chi connectivity index (χ0n) is 24.0. The molecule has 6 nitrogen and oxygen atoms in total. The first-order valence-corrected chi connectivity index (χ1v) is 14.0. The van der Waals surface area contributed by atoms with Crippen molar-refractivity contribution in [1.82, 2.24) is 20.1 Å². The summed E-state index contributed by atoms with van der Waals surface area (Å²) in [5, 5.41) is 2.85. The molecule has 2 heterocycles. The maximum atomic E-state index is 13.9. The topological polar surface area (TPSA) is 57.7 Å². The summed E-state index contributed by atoms with van der Waals surface area (Å²) in [4.78, 5) is 21.8. The van der Waals surface area contributed by atoms with E-state index in [0.29, 0.717) is 29.5 Å². The molecule has 1 N–H and O–H groups in total. The van der Waals surface area contributed by atoms with Crippen molar-refractivity contribution >= 4 is 5.91 Å². The average Bonchev–Trinajstić information content (AvgIpc) is 2.94. The minimum Gasteiger partial charge on any atom is -0.493 e. The molecule has 210 valence electrons. The number of amides is 1. The number of hydrogen-bond acceptors (Lipinski definition) is 5. The summed E-state index contributed by atoms with van der Waals surface area (Å²) in [5.41, 5.74) is 4.78. The smallest absolute Gasteiger partial charge is 0.226 e. The Morgan fingerprint density at radius 1 is 0.974 bits per heavy atom. The van der Waals surface area contributed by atoms with Gasteiger partial charge in [-0.2, -0.15) is 0 Å². The lowest BCUT2D eigenvalue weighted by Crippen LogP contribution is -2.43. The molecule has 0 atom stereocenters. The van der Waals surface area contributed by atoms with E-state index < -0.39 is 0 Å². The molecule has 0 saturated carbocycles. The summed E-state index contributed by atoms with van der Waals surface area (Å²) < 4.78 is 19.6. The van der Waals surface area contributed by atoms with Crippen molar-refractivity contribution in [3.8, 4) is 16.9 Å². The molecule has 0 aliphatic carbocycles. The molecule has 39 heavy (non-hydrogen) atoms. The van der Waals surface area contributed by atoms with Crippen LogP contribution in [0.2, 0.25) is 0 Å². The highest BCUT2D eigenvalue weighted by Gasteiger charge is 2.14. The van der Waals surface area contributed by atoms with E-state index in [0.717, 1.165) is 43.9 Å². The minimum atomic E-state index is -0.380. The Morgan fingerprint density at radius 3 is 2.31 bits per heavy atom. The summed E-state index contributed by atoms with van der Waals surface area (Å²) in [7, 11) is 2.17. The van der Waals surface area contributed by atoms with Gasteiger partial charge in [-0.15, -0.1) is 0 Å². The Morgan fingerprint density at radius 2 is 1.67 bits per heavy atom. The van der Waals surface area contributed by atoms with E-state index in [-0.39, 0.29) is 24.7 Å². The fraction of sp³-hybridized carbons (Fsp3) is 0.438.